The molecule has 0 saturated heterocycles. The molecule has 2 aromatic carbocycles. The van der Waals surface area contributed by atoms with E-state index in [-0.39, 0.29) is 10.5 Å². The normalized spacial score (nSPS) is 20.5. The molecule has 0 aliphatic carbocycles. The molecule has 3 rings (SSSR count). The van der Waals surface area contributed by atoms with E-state index in [1.165, 1.54) is 30.3 Å². The number of fused-ring (bicyclic) bond motifs is 1. The van der Waals surface area contributed by atoms with Crippen molar-refractivity contribution in [2.24, 2.45) is 0 Å². The third kappa shape index (κ3) is 3.09. The van der Waals surface area contributed by atoms with Crippen LogP contribution in [0.3, 0.4) is 0 Å². The molecule has 8 heteroatoms. The summed E-state index contributed by atoms with van der Waals surface area (Å²) >= 11 is 0. The lowest BCUT2D eigenvalue weighted by atomic mass is 10.1. The zero-order valence-electron chi connectivity index (χ0n) is 12.8. The van der Waals surface area contributed by atoms with Crippen LogP contribution in [0.25, 0.3) is 0 Å². The van der Waals surface area contributed by atoms with E-state index in [9.17, 15) is 21.2 Å². The van der Waals surface area contributed by atoms with Crippen molar-refractivity contribution in [3.63, 3.8) is 0 Å². The summed E-state index contributed by atoms with van der Waals surface area (Å²) < 4.78 is 65.5. The average molecular weight is 369 g/mol. The Balaban J connectivity index is 1.92. The minimum Gasteiger partial charge on any atom is -0.224 e. The fourth-order valence-corrected chi connectivity index (χ4v) is 7.11. The van der Waals surface area contributed by atoms with Gasteiger partial charge < -0.3 is 0 Å². The SMILES string of the molecule is C[C@H](NS(=O)(=O)[C@@H]1CS(=O)(=O)c2ccccc21)c1cccc(F)c1. The molecule has 0 fully saturated rings. The van der Waals surface area contributed by atoms with Gasteiger partial charge in [0.1, 0.15) is 11.1 Å². The van der Waals surface area contributed by atoms with Crippen molar-refractivity contribution >= 4 is 19.9 Å². The van der Waals surface area contributed by atoms with E-state index in [1.54, 1.807) is 25.1 Å². The van der Waals surface area contributed by atoms with Crippen molar-refractivity contribution in [2.45, 2.75) is 23.1 Å². The molecule has 1 N–H and O–H groups in total. The molecule has 1 aliphatic heterocycles. The molecule has 2 atom stereocenters. The highest BCUT2D eigenvalue weighted by molar-refractivity contribution is 7.95. The van der Waals surface area contributed by atoms with Gasteiger partial charge in [0.25, 0.3) is 0 Å². The Morgan fingerprint density at radius 3 is 2.58 bits per heavy atom. The van der Waals surface area contributed by atoms with Crippen LogP contribution in [-0.2, 0) is 19.9 Å². The fraction of sp³-hybridized carbons (Fsp3) is 0.250. The second kappa shape index (κ2) is 5.94. The molecule has 24 heavy (non-hydrogen) atoms. The number of benzene rings is 2. The standard InChI is InChI=1S/C16H16FNO4S2/c1-11(12-5-4-6-13(17)9-12)18-24(21,22)16-10-23(19,20)15-8-3-2-7-14(15)16/h2-9,11,16,18H,10H2,1H3/t11-,16+/m0/s1. The smallest absolute Gasteiger partial charge is 0.220 e. The maximum absolute atomic E-state index is 13.3. The van der Waals surface area contributed by atoms with Crippen LogP contribution in [0.15, 0.2) is 53.4 Å². The molecule has 1 heterocycles. The van der Waals surface area contributed by atoms with Crippen LogP contribution in [0.2, 0.25) is 0 Å². The van der Waals surface area contributed by atoms with E-state index in [4.69, 9.17) is 0 Å². The molecule has 128 valence electrons. The van der Waals surface area contributed by atoms with E-state index in [0.717, 1.165) is 0 Å². The second-order valence-electron chi connectivity index (χ2n) is 5.75. The van der Waals surface area contributed by atoms with Gasteiger partial charge in [-0.3, -0.25) is 0 Å². The summed E-state index contributed by atoms with van der Waals surface area (Å²) in [6, 6.07) is 11.0. The van der Waals surface area contributed by atoms with Gasteiger partial charge in [0.05, 0.1) is 10.6 Å². The Labute approximate surface area is 140 Å². The van der Waals surface area contributed by atoms with Crippen LogP contribution in [0.5, 0.6) is 0 Å². The Hall–Kier alpha value is -1.77. The minimum absolute atomic E-state index is 0.0544. The maximum atomic E-state index is 13.3. The van der Waals surface area contributed by atoms with E-state index in [1.807, 2.05) is 0 Å². The topological polar surface area (TPSA) is 80.3 Å². The molecule has 5 nitrogen and oxygen atoms in total. The third-order valence-corrected chi connectivity index (χ3v) is 7.91. The van der Waals surface area contributed by atoms with Gasteiger partial charge in [0.15, 0.2) is 9.84 Å². The summed E-state index contributed by atoms with van der Waals surface area (Å²) in [5.74, 6) is -0.954. The predicted molar refractivity (Wildman–Crippen MR) is 88.1 cm³/mol. The van der Waals surface area contributed by atoms with Gasteiger partial charge >= 0.3 is 0 Å². The summed E-state index contributed by atoms with van der Waals surface area (Å²) in [6.07, 6.45) is 0. The first-order valence-corrected chi connectivity index (χ1v) is 10.5. The average Bonchev–Trinajstić information content (AvgIpc) is 2.80. The summed E-state index contributed by atoms with van der Waals surface area (Å²) in [7, 11) is -7.58. The van der Waals surface area contributed by atoms with E-state index < -0.39 is 42.7 Å². The molecule has 0 spiro atoms. The molecule has 2 aromatic rings. The molecular formula is C16H16FNO4S2. The number of nitrogens with one attached hydrogen (secondary N) is 1. The zero-order chi connectivity index (χ0) is 17.5. The first kappa shape index (κ1) is 17.1. The molecule has 0 aromatic heterocycles. The van der Waals surface area contributed by atoms with Gasteiger partial charge in [0.2, 0.25) is 10.0 Å². The van der Waals surface area contributed by atoms with Crippen LogP contribution in [0, 0.1) is 5.82 Å². The highest BCUT2D eigenvalue weighted by Crippen LogP contribution is 2.38. The number of rotatable bonds is 4. The number of sulfone groups is 1. The minimum atomic E-state index is -3.96. The van der Waals surface area contributed by atoms with Crippen molar-refractivity contribution < 1.29 is 21.2 Å². The van der Waals surface area contributed by atoms with Crippen molar-refractivity contribution in [3.05, 3.63) is 65.5 Å². The number of hydrogen-bond acceptors (Lipinski definition) is 4. The highest BCUT2D eigenvalue weighted by Gasteiger charge is 2.42. The number of halogens is 1. The molecular weight excluding hydrogens is 353 g/mol. The lowest BCUT2D eigenvalue weighted by Crippen LogP contribution is -2.32. The fourth-order valence-electron chi connectivity index (χ4n) is 2.84. The largest absolute Gasteiger partial charge is 0.224 e. The van der Waals surface area contributed by atoms with Crippen molar-refractivity contribution in [3.8, 4) is 0 Å². The van der Waals surface area contributed by atoms with Gasteiger partial charge in [-0.1, -0.05) is 30.3 Å². The van der Waals surface area contributed by atoms with Crippen LogP contribution in [0.1, 0.15) is 29.3 Å². The number of hydrogen-bond donors (Lipinski definition) is 1. The van der Waals surface area contributed by atoms with Crippen molar-refractivity contribution in [2.75, 3.05) is 5.75 Å². The van der Waals surface area contributed by atoms with Gasteiger partial charge in [0, 0.05) is 6.04 Å². The molecule has 0 unspecified atom stereocenters. The van der Waals surface area contributed by atoms with Gasteiger partial charge in [-0.2, -0.15) is 0 Å². The lowest BCUT2D eigenvalue weighted by Gasteiger charge is -2.18. The quantitative estimate of drug-likeness (QED) is 0.897. The Kier molecular flexibility index (Phi) is 4.23. The molecule has 0 saturated carbocycles. The van der Waals surface area contributed by atoms with Crippen molar-refractivity contribution in [1.82, 2.24) is 4.72 Å². The second-order valence-corrected chi connectivity index (χ2v) is 9.64. The molecule has 0 amide bonds. The monoisotopic (exact) mass is 369 g/mol. The van der Waals surface area contributed by atoms with Crippen LogP contribution in [0.4, 0.5) is 4.39 Å². The van der Waals surface area contributed by atoms with E-state index in [0.29, 0.717) is 5.56 Å². The van der Waals surface area contributed by atoms with Crippen LogP contribution >= 0.6 is 0 Å². The van der Waals surface area contributed by atoms with Gasteiger partial charge in [-0.05, 0) is 36.2 Å². The maximum Gasteiger partial charge on any atom is 0.220 e. The molecule has 0 radical (unpaired) electrons. The first-order valence-electron chi connectivity index (χ1n) is 7.29. The summed E-state index contributed by atoms with van der Waals surface area (Å²) in [6.45, 7) is 1.58. The Bertz CT molecular complexity index is 987. The zero-order valence-corrected chi connectivity index (χ0v) is 14.4. The predicted octanol–water partition coefficient (Wildman–Crippen LogP) is 2.33. The summed E-state index contributed by atoms with van der Waals surface area (Å²) in [5, 5.41) is -1.17. The Morgan fingerprint density at radius 1 is 1.17 bits per heavy atom. The van der Waals surface area contributed by atoms with Crippen molar-refractivity contribution in [1.29, 1.82) is 0 Å². The first-order chi connectivity index (χ1) is 11.2. The van der Waals surface area contributed by atoms with Gasteiger partial charge in [-0.25, -0.2) is 25.9 Å². The number of sulfonamides is 1. The third-order valence-electron chi connectivity index (χ3n) is 4.04. The van der Waals surface area contributed by atoms with Crippen LogP contribution < -0.4 is 4.72 Å². The highest BCUT2D eigenvalue weighted by atomic mass is 32.2. The lowest BCUT2D eigenvalue weighted by molar-refractivity contribution is 0.554. The summed E-state index contributed by atoms with van der Waals surface area (Å²) in [5.41, 5.74) is 0.740. The van der Waals surface area contributed by atoms with E-state index in [2.05, 4.69) is 4.72 Å². The van der Waals surface area contributed by atoms with Crippen LogP contribution in [-0.4, -0.2) is 22.6 Å². The summed E-state index contributed by atoms with van der Waals surface area (Å²) in [4.78, 5) is 0.0544. The van der Waals surface area contributed by atoms with E-state index >= 15 is 0 Å². The molecule has 0 bridgehead atoms. The Morgan fingerprint density at radius 2 is 1.88 bits per heavy atom. The van der Waals surface area contributed by atoms with Gasteiger partial charge in [-0.15, -0.1) is 0 Å². The molecule has 1 aliphatic rings.